The number of aromatic carboxylic acids is 1. The standard InChI is InChI=1S/C14H16N2O4S/c1-9-15-12-6-11(14(17)18)2-3-13(12)16(9)7-10-4-5-21(19,20)8-10/h2-3,6,10H,4-5,7-8H2,1H3,(H,17,18). The SMILES string of the molecule is Cc1nc2cc(C(=O)O)ccc2n1CC1CCS(=O)(=O)C1. The molecule has 0 spiro atoms. The number of rotatable bonds is 3. The fraction of sp³-hybridized carbons (Fsp3) is 0.429. The van der Waals surface area contributed by atoms with E-state index < -0.39 is 15.8 Å². The van der Waals surface area contributed by atoms with Crippen LogP contribution >= 0.6 is 0 Å². The van der Waals surface area contributed by atoms with Crippen molar-refractivity contribution in [2.75, 3.05) is 11.5 Å². The topological polar surface area (TPSA) is 89.3 Å². The van der Waals surface area contributed by atoms with Crippen LogP contribution in [0.1, 0.15) is 22.6 Å². The number of hydrogen-bond acceptors (Lipinski definition) is 4. The van der Waals surface area contributed by atoms with E-state index in [4.69, 9.17) is 5.11 Å². The Morgan fingerprint density at radius 3 is 2.86 bits per heavy atom. The summed E-state index contributed by atoms with van der Waals surface area (Å²) in [7, 11) is -2.89. The summed E-state index contributed by atoms with van der Waals surface area (Å²) in [6, 6.07) is 4.84. The molecule has 1 aromatic carbocycles. The Morgan fingerprint density at radius 1 is 1.48 bits per heavy atom. The zero-order chi connectivity index (χ0) is 15.2. The number of carboxylic acids is 1. The van der Waals surface area contributed by atoms with Crippen LogP contribution < -0.4 is 0 Å². The third-order valence-electron chi connectivity index (χ3n) is 3.95. The van der Waals surface area contributed by atoms with Crippen molar-refractivity contribution in [3.8, 4) is 0 Å². The number of hydrogen-bond donors (Lipinski definition) is 1. The quantitative estimate of drug-likeness (QED) is 0.927. The largest absolute Gasteiger partial charge is 0.478 e. The third kappa shape index (κ3) is 2.65. The number of nitrogens with zero attached hydrogens (tertiary/aromatic N) is 2. The van der Waals surface area contributed by atoms with Gasteiger partial charge in [0.2, 0.25) is 0 Å². The van der Waals surface area contributed by atoms with E-state index in [-0.39, 0.29) is 23.0 Å². The lowest BCUT2D eigenvalue weighted by Crippen LogP contribution is -2.13. The highest BCUT2D eigenvalue weighted by Crippen LogP contribution is 2.24. The Bertz CT molecular complexity index is 823. The van der Waals surface area contributed by atoms with Crippen molar-refractivity contribution in [1.82, 2.24) is 9.55 Å². The smallest absolute Gasteiger partial charge is 0.335 e. The lowest BCUT2D eigenvalue weighted by Gasteiger charge is -2.11. The first-order valence-corrected chi connectivity index (χ1v) is 8.58. The highest BCUT2D eigenvalue weighted by molar-refractivity contribution is 7.91. The number of aromatic nitrogens is 2. The minimum atomic E-state index is -2.89. The normalized spacial score (nSPS) is 20.9. The molecule has 21 heavy (non-hydrogen) atoms. The Balaban J connectivity index is 1.95. The zero-order valence-electron chi connectivity index (χ0n) is 11.6. The molecule has 0 bridgehead atoms. The minimum Gasteiger partial charge on any atom is -0.478 e. The van der Waals surface area contributed by atoms with Crippen molar-refractivity contribution >= 4 is 26.8 Å². The number of carboxylic acid groups (broad SMARTS) is 1. The summed E-state index contributed by atoms with van der Waals surface area (Å²) in [5, 5.41) is 9.01. The van der Waals surface area contributed by atoms with Gasteiger partial charge in [0, 0.05) is 6.54 Å². The number of aryl methyl sites for hydroxylation is 1. The molecule has 1 fully saturated rings. The molecule has 0 saturated carbocycles. The van der Waals surface area contributed by atoms with Crippen LogP contribution in [0.5, 0.6) is 0 Å². The fourth-order valence-electron chi connectivity index (χ4n) is 2.89. The molecule has 1 aromatic heterocycles. The molecule has 1 N–H and O–H groups in total. The summed E-state index contributed by atoms with van der Waals surface area (Å²) in [5.41, 5.74) is 1.69. The molecule has 112 valence electrons. The Morgan fingerprint density at radius 2 is 2.24 bits per heavy atom. The summed E-state index contributed by atoms with van der Waals surface area (Å²) in [6.07, 6.45) is 0.675. The molecule has 2 heterocycles. The lowest BCUT2D eigenvalue weighted by molar-refractivity contribution is 0.0697. The molecule has 0 aliphatic carbocycles. The molecule has 3 rings (SSSR count). The molecular weight excluding hydrogens is 292 g/mol. The highest BCUT2D eigenvalue weighted by atomic mass is 32.2. The molecule has 1 aliphatic heterocycles. The van der Waals surface area contributed by atoms with Crippen molar-refractivity contribution < 1.29 is 18.3 Å². The second-order valence-electron chi connectivity index (χ2n) is 5.55. The summed E-state index contributed by atoms with van der Waals surface area (Å²) < 4.78 is 25.1. The first-order valence-electron chi connectivity index (χ1n) is 6.76. The number of imidazole rings is 1. The van der Waals surface area contributed by atoms with Crippen LogP contribution in [0, 0.1) is 12.8 Å². The van der Waals surface area contributed by atoms with Crippen LogP contribution in [-0.2, 0) is 16.4 Å². The van der Waals surface area contributed by atoms with Crippen LogP contribution in [0.15, 0.2) is 18.2 Å². The number of benzene rings is 1. The molecule has 1 atom stereocenters. The predicted octanol–water partition coefficient (Wildman–Crippen LogP) is 1.48. The summed E-state index contributed by atoms with van der Waals surface area (Å²) in [6.45, 7) is 2.46. The molecular formula is C14H16N2O4S. The molecule has 0 radical (unpaired) electrons. The van der Waals surface area contributed by atoms with E-state index in [9.17, 15) is 13.2 Å². The average molecular weight is 308 g/mol. The van der Waals surface area contributed by atoms with Crippen molar-refractivity contribution in [3.05, 3.63) is 29.6 Å². The monoisotopic (exact) mass is 308 g/mol. The van der Waals surface area contributed by atoms with Crippen molar-refractivity contribution in [2.45, 2.75) is 19.9 Å². The first kappa shape index (κ1) is 14.1. The van der Waals surface area contributed by atoms with Gasteiger partial charge in [0.15, 0.2) is 9.84 Å². The molecule has 2 aromatic rings. The molecule has 1 aliphatic rings. The molecule has 6 nitrogen and oxygen atoms in total. The van der Waals surface area contributed by atoms with Gasteiger partial charge in [-0.3, -0.25) is 0 Å². The van der Waals surface area contributed by atoms with Crippen molar-refractivity contribution in [1.29, 1.82) is 0 Å². The summed E-state index contributed by atoms with van der Waals surface area (Å²) >= 11 is 0. The van der Waals surface area contributed by atoms with Gasteiger partial charge in [0.05, 0.1) is 28.1 Å². The van der Waals surface area contributed by atoms with Gasteiger partial charge in [-0.05, 0) is 37.5 Å². The van der Waals surface area contributed by atoms with Gasteiger partial charge in [-0.25, -0.2) is 18.2 Å². The van der Waals surface area contributed by atoms with Crippen molar-refractivity contribution in [3.63, 3.8) is 0 Å². The van der Waals surface area contributed by atoms with Gasteiger partial charge in [-0.2, -0.15) is 0 Å². The third-order valence-corrected chi connectivity index (χ3v) is 5.79. The van der Waals surface area contributed by atoms with E-state index in [1.165, 1.54) is 0 Å². The van der Waals surface area contributed by atoms with E-state index in [0.717, 1.165) is 11.3 Å². The molecule has 7 heteroatoms. The number of sulfone groups is 1. The van der Waals surface area contributed by atoms with Crippen LogP contribution in [0.2, 0.25) is 0 Å². The van der Waals surface area contributed by atoms with Gasteiger partial charge in [-0.1, -0.05) is 0 Å². The number of fused-ring (bicyclic) bond motifs is 1. The maximum atomic E-state index is 11.5. The summed E-state index contributed by atoms with van der Waals surface area (Å²) in [5.74, 6) is 0.374. The lowest BCUT2D eigenvalue weighted by atomic mass is 10.1. The van der Waals surface area contributed by atoms with Gasteiger partial charge < -0.3 is 9.67 Å². The van der Waals surface area contributed by atoms with Crippen LogP contribution in [0.4, 0.5) is 0 Å². The molecule has 1 saturated heterocycles. The van der Waals surface area contributed by atoms with E-state index >= 15 is 0 Å². The Labute approximate surface area is 122 Å². The second-order valence-corrected chi connectivity index (χ2v) is 7.78. The Hall–Kier alpha value is -1.89. The second kappa shape index (κ2) is 4.84. The highest BCUT2D eigenvalue weighted by Gasteiger charge is 2.28. The fourth-order valence-corrected chi connectivity index (χ4v) is 4.74. The van der Waals surface area contributed by atoms with E-state index in [1.54, 1.807) is 18.2 Å². The first-order chi connectivity index (χ1) is 9.85. The number of carbonyl (C=O) groups is 1. The van der Waals surface area contributed by atoms with Gasteiger partial charge >= 0.3 is 5.97 Å². The van der Waals surface area contributed by atoms with Gasteiger partial charge in [0.1, 0.15) is 5.82 Å². The average Bonchev–Trinajstić information content (AvgIpc) is 2.90. The van der Waals surface area contributed by atoms with Crippen molar-refractivity contribution in [2.24, 2.45) is 5.92 Å². The molecule has 1 unspecified atom stereocenters. The molecule has 0 amide bonds. The van der Waals surface area contributed by atoms with Crippen LogP contribution in [0.25, 0.3) is 11.0 Å². The predicted molar refractivity (Wildman–Crippen MR) is 78.2 cm³/mol. The maximum Gasteiger partial charge on any atom is 0.335 e. The van der Waals surface area contributed by atoms with E-state index in [1.807, 2.05) is 11.5 Å². The van der Waals surface area contributed by atoms with E-state index in [2.05, 4.69) is 4.98 Å². The van der Waals surface area contributed by atoms with Gasteiger partial charge in [-0.15, -0.1) is 0 Å². The van der Waals surface area contributed by atoms with Gasteiger partial charge in [0.25, 0.3) is 0 Å². The zero-order valence-corrected chi connectivity index (χ0v) is 12.4. The Kier molecular flexibility index (Phi) is 3.24. The van der Waals surface area contributed by atoms with Crippen LogP contribution in [-0.4, -0.2) is 40.6 Å². The maximum absolute atomic E-state index is 11.5. The van der Waals surface area contributed by atoms with Crippen LogP contribution in [0.3, 0.4) is 0 Å². The minimum absolute atomic E-state index is 0.102. The van der Waals surface area contributed by atoms with E-state index in [0.29, 0.717) is 18.5 Å². The summed E-state index contributed by atoms with van der Waals surface area (Å²) in [4.78, 5) is 15.4.